The Bertz CT molecular complexity index is 444. The van der Waals surface area contributed by atoms with Gasteiger partial charge >= 0.3 is 0 Å². The van der Waals surface area contributed by atoms with Gasteiger partial charge in [-0.05, 0) is 50.6 Å². The number of anilines is 1. The van der Waals surface area contributed by atoms with E-state index >= 15 is 0 Å². The van der Waals surface area contributed by atoms with Gasteiger partial charge in [-0.1, -0.05) is 26.0 Å². The summed E-state index contributed by atoms with van der Waals surface area (Å²) in [5, 5.41) is 3.48. The summed E-state index contributed by atoms with van der Waals surface area (Å²) in [5.74, 6) is 0. The molecule has 1 saturated heterocycles. The molecular formula is C18H31N3. The molecule has 3 heteroatoms. The summed E-state index contributed by atoms with van der Waals surface area (Å²) >= 11 is 0. The van der Waals surface area contributed by atoms with Crippen LogP contribution in [-0.4, -0.2) is 44.2 Å². The first-order chi connectivity index (χ1) is 10.2. The van der Waals surface area contributed by atoms with Crippen LogP contribution >= 0.6 is 0 Å². The zero-order valence-electron chi connectivity index (χ0n) is 14.2. The van der Waals surface area contributed by atoms with Crippen LogP contribution in [0.25, 0.3) is 0 Å². The molecule has 1 aromatic rings. The molecule has 0 aromatic heterocycles. The number of likely N-dealkylation sites (N-methyl/N-ethyl adjacent to an activating group) is 1. The van der Waals surface area contributed by atoms with Crippen molar-refractivity contribution in [3.63, 3.8) is 0 Å². The van der Waals surface area contributed by atoms with Gasteiger partial charge in [0.15, 0.2) is 0 Å². The third-order valence-corrected chi connectivity index (χ3v) is 4.61. The number of rotatable bonds is 6. The maximum atomic E-state index is 3.48. The van der Waals surface area contributed by atoms with Crippen molar-refractivity contribution in [1.29, 1.82) is 0 Å². The highest BCUT2D eigenvalue weighted by Crippen LogP contribution is 2.24. The van der Waals surface area contributed by atoms with Crippen molar-refractivity contribution in [2.75, 3.05) is 38.1 Å². The summed E-state index contributed by atoms with van der Waals surface area (Å²) in [7, 11) is 2.25. The van der Waals surface area contributed by atoms with Gasteiger partial charge in [0, 0.05) is 37.9 Å². The van der Waals surface area contributed by atoms with E-state index in [1.165, 1.54) is 29.7 Å². The summed E-state index contributed by atoms with van der Waals surface area (Å²) in [4.78, 5) is 5.06. The van der Waals surface area contributed by atoms with Gasteiger partial charge in [-0.3, -0.25) is 4.90 Å². The number of nitrogens with zero attached hydrogens (tertiary/aromatic N) is 2. The second kappa shape index (κ2) is 7.81. The van der Waals surface area contributed by atoms with Crippen LogP contribution in [0.1, 0.15) is 37.8 Å². The molecule has 1 N–H and O–H groups in total. The molecule has 3 nitrogen and oxygen atoms in total. The third kappa shape index (κ3) is 4.21. The minimum Gasteiger partial charge on any atom is -0.368 e. The van der Waals surface area contributed by atoms with E-state index < -0.39 is 0 Å². The number of aryl methyl sites for hydroxylation is 1. The molecule has 1 aliphatic rings. The lowest BCUT2D eigenvalue weighted by atomic mass is 10.1. The number of piperazine rings is 1. The van der Waals surface area contributed by atoms with E-state index in [2.05, 4.69) is 61.1 Å². The van der Waals surface area contributed by atoms with Crippen molar-refractivity contribution in [3.05, 3.63) is 29.3 Å². The van der Waals surface area contributed by atoms with Gasteiger partial charge in [0.1, 0.15) is 0 Å². The highest BCUT2D eigenvalue weighted by molar-refractivity contribution is 5.55. The van der Waals surface area contributed by atoms with E-state index in [9.17, 15) is 0 Å². The van der Waals surface area contributed by atoms with E-state index in [-0.39, 0.29) is 0 Å². The maximum absolute atomic E-state index is 3.48. The quantitative estimate of drug-likeness (QED) is 0.812. The summed E-state index contributed by atoms with van der Waals surface area (Å²) in [6.07, 6.45) is 2.42. The van der Waals surface area contributed by atoms with Crippen LogP contribution in [0.2, 0.25) is 0 Å². The van der Waals surface area contributed by atoms with Crippen LogP contribution < -0.4 is 10.2 Å². The largest absolute Gasteiger partial charge is 0.368 e. The second-order valence-electron chi connectivity index (χ2n) is 6.29. The lowest BCUT2D eigenvalue weighted by molar-refractivity contribution is 0.213. The fourth-order valence-electron chi connectivity index (χ4n) is 3.20. The average molecular weight is 289 g/mol. The highest BCUT2D eigenvalue weighted by Gasteiger charge is 2.23. The predicted molar refractivity (Wildman–Crippen MR) is 92.1 cm³/mol. The Labute approximate surface area is 130 Å². The Morgan fingerprint density at radius 3 is 2.71 bits per heavy atom. The van der Waals surface area contributed by atoms with Gasteiger partial charge in [0.05, 0.1) is 0 Å². The maximum Gasteiger partial charge on any atom is 0.0397 e. The van der Waals surface area contributed by atoms with Crippen molar-refractivity contribution in [2.24, 2.45) is 0 Å². The molecule has 0 saturated carbocycles. The van der Waals surface area contributed by atoms with Crippen LogP contribution in [0.4, 0.5) is 5.69 Å². The Morgan fingerprint density at radius 1 is 1.24 bits per heavy atom. The summed E-state index contributed by atoms with van der Waals surface area (Å²) in [6, 6.07) is 7.63. The van der Waals surface area contributed by atoms with Gasteiger partial charge in [-0.25, -0.2) is 0 Å². The third-order valence-electron chi connectivity index (χ3n) is 4.61. The van der Waals surface area contributed by atoms with Crippen molar-refractivity contribution in [2.45, 2.75) is 46.2 Å². The van der Waals surface area contributed by atoms with E-state index in [1.54, 1.807) is 0 Å². The topological polar surface area (TPSA) is 18.5 Å². The fraction of sp³-hybridized carbons (Fsp3) is 0.667. The molecule has 118 valence electrons. The van der Waals surface area contributed by atoms with Gasteiger partial charge in [-0.15, -0.1) is 0 Å². The minimum absolute atomic E-state index is 0.684. The average Bonchev–Trinajstić information content (AvgIpc) is 2.48. The van der Waals surface area contributed by atoms with Crippen molar-refractivity contribution in [1.82, 2.24) is 10.2 Å². The van der Waals surface area contributed by atoms with Crippen LogP contribution in [0.15, 0.2) is 18.2 Å². The molecule has 2 rings (SSSR count). The molecule has 1 aliphatic heterocycles. The van der Waals surface area contributed by atoms with Crippen molar-refractivity contribution in [3.8, 4) is 0 Å². The van der Waals surface area contributed by atoms with Crippen LogP contribution in [0, 0.1) is 6.92 Å². The molecule has 0 spiro atoms. The lowest BCUT2D eigenvalue weighted by Gasteiger charge is -2.41. The van der Waals surface area contributed by atoms with Crippen molar-refractivity contribution < 1.29 is 0 Å². The lowest BCUT2D eigenvalue weighted by Crippen LogP contribution is -2.51. The SMILES string of the molecule is CCCNCc1ccc(N2CCN(C)C(CC)C2)c(C)c1. The number of hydrogen-bond acceptors (Lipinski definition) is 3. The van der Waals surface area contributed by atoms with Gasteiger partial charge in [0.2, 0.25) is 0 Å². The minimum atomic E-state index is 0.684. The van der Waals surface area contributed by atoms with Gasteiger partial charge in [-0.2, -0.15) is 0 Å². The van der Waals surface area contributed by atoms with Crippen LogP contribution in [0.3, 0.4) is 0 Å². The van der Waals surface area contributed by atoms with E-state index in [1.807, 2.05) is 0 Å². The molecule has 0 aliphatic carbocycles. The Kier molecular flexibility index (Phi) is 6.07. The monoisotopic (exact) mass is 289 g/mol. The molecule has 0 bridgehead atoms. The smallest absolute Gasteiger partial charge is 0.0397 e. The van der Waals surface area contributed by atoms with Crippen LogP contribution in [-0.2, 0) is 6.54 Å². The first-order valence-electron chi connectivity index (χ1n) is 8.41. The number of benzene rings is 1. The molecule has 1 atom stereocenters. The molecule has 1 aromatic carbocycles. The molecule has 1 unspecified atom stereocenters. The van der Waals surface area contributed by atoms with Crippen molar-refractivity contribution >= 4 is 5.69 Å². The molecular weight excluding hydrogens is 258 g/mol. The van der Waals surface area contributed by atoms with E-state index in [0.717, 1.165) is 32.7 Å². The summed E-state index contributed by atoms with van der Waals surface area (Å²) < 4.78 is 0. The normalized spacial score (nSPS) is 20.0. The summed E-state index contributed by atoms with van der Waals surface area (Å²) in [6.45, 7) is 12.3. The number of hydrogen-bond donors (Lipinski definition) is 1. The molecule has 1 fully saturated rings. The molecule has 21 heavy (non-hydrogen) atoms. The Balaban J connectivity index is 2.03. The molecule has 0 radical (unpaired) electrons. The Morgan fingerprint density at radius 2 is 2.05 bits per heavy atom. The fourth-order valence-corrected chi connectivity index (χ4v) is 3.20. The predicted octanol–water partition coefficient (Wildman–Crippen LogP) is 3.03. The molecule has 0 amide bonds. The van der Waals surface area contributed by atoms with E-state index in [4.69, 9.17) is 0 Å². The second-order valence-corrected chi connectivity index (χ2v) is 6.29. The zero-order valence-corrected chi connectivity index (χ0v) is 14.2. The zero-order chi connectivity index (χ0) is 15.2. The first-order valence-corrected chi connectivity index (χ1v) is 8.41. The van der Waals surface area contributed by atoms with Gasteiger partial charge < -0.3 is 10.2 Å². The standard InChI is InChI=1S/C18H31N3/c1-5-9-19-13-16-7-8-18(15(3)12-16)21-11-10-20(4)17(6-2)14-21/h7-8,12,17,19H,5-6,9-11,13-14H2,1-4H3. The summed E-state index contributed by atoms with van der Waals surface area (Å²) in [5.41, 5.74) is 4.22. The van der Waals surface area contributed by atoms with Gasteiger partial charge in [0.25, 0.3) is 0 Å². The first kappa shape index (κ1) is 16.3. The Hall–Kier alpha value is -1.06. The molecule has 1 heterocycles. The van der Waals surface area contributed by atoms with Crippen LogP contribution in [0.5, 0.6) is 0 Å². The number of nitrogens with one attached hydrogen (secondary N) is 1. The van der Waals surface area contributed by atoms with E-state index in [0.29, 0.717) is 6.04 Å². The highest BCUT2D eigenvalue weighted by atomic mass is 15.3.